The van der Waals surface area contributed by atoms with Crippen LogP contribution >= 0.6 is 11.6 Å². The van der Waals surface area contributed by atoms with E-state index in [4.69, 9.17) is 16.7 Å². The van der Waals surface area contributed by atoms with Crippen molar-refractivity contribution in [2.45, 2.75) is 0 Å². The third-order valence-electron chi connectivity index (χ3n) is 2.63. The first-order chi connectivity index (χ1) is 9.13. The fourth-order valence-corrected chi connectivity index (χ4v) is 1.88. The molecule has 0 fully saturated rings. The highest BCUT2D eigenvalue weighted by molar-refractivity contribution is 6.30. The van der Waals surface area contributed by atoms with E-state index in [9.17, 15) is 10.0 Å². The van der Waals surface area contributed by atoms with E-state index < -0.39 is 5.97 Å². The number of rotatable bonds is 3. The second-order valence-electron chi connectivity index (χ2n) is 3.81. The molecular weight excluding hydrogens is 266 g/mol. The zero-order chi connectivity index (χ0) is 13.8. The third-order valence-corrected chi connectivity index (χ3v) is 2.88. The number of nitrogens with zero attached hydrogens (tertiary/aromatic N) is 1. The number of halogens is 1. The van der Waals surface area contributed by atoms with E-state index in [1.165, 1.54) is 6.07 Å². The quantitative estimate of drug-likeness (QED) is 0.513. The van der Waals surface area contributed by atoms with Crippen LogP contribution in [0.25, 0.3) is 0 Å². The molecule has 0 aliphatic heterocycles. The van der Waals surface area contributed by atoms with E-state index in [-0.39, 0.29) is 11.3 Å². The summed E-state index contributed by atoms with van der Waals surface area (Å²) < 4.78 is 0. The van der Waals surface area contributed by atoms with Crippen LogP contribution in [0.4, 0.5) is 0 Å². The molecule has 0 radical (unpaired) electrons. The first-order valence-corrected chi connectivity index (χ1v) is 5.82. The number of benzene rings is 2. The van der Waals surface area contributed by atoms with Gasteiger partial charge in [-0.3, -0.25) is 0 Å². The van der Waals surface area contributed by atoms with Crippen molar-refractivity contribution in [3.8, 4) is 0 Å². The molecule has 2 rings (SSSR count). The van der Waals surface area contributed by atoms with Gasteiger partial charge in [0.25, 0.3) is 0 Å². The molecular formula is C14H10ClNO3. The molecule has 0 saturated heterocycles. The van der Waals surface area contributed by atoms with E-state index in [0.717, 1.165) is 0 Å². The molecule has 0 bridgehead atoms. The van der Waals surface area contributed by atoms with Gasteiger partial charge in [-0.15, -0.1) is 0 Å². The molecule has 0 amide bonds. The largest absolute Gasteiger partial charge is 0.478 e. The van der Waals surface area contributed by atoms with Crippen molar-refractivity contribution in [2.24, 2.45) is 5.16 Å². The van der Waals surface area contributed by atoms with Gasteiger partial charge >= 0.3 is 5.97 Å². The summed E-state index contributed by atoms with van der Waals surface area (Å²) in [4.78, 5) is 11.2. The predicted molar refractivity (Wildman–Crippen MR) is 72.3 cm³/mol. The topological polar surface area (TPSA) is 69.9 Å². The number of hydrogen-bond donors (Lipinski definition) is 2. The first-order valence-electron chi connectivity index (χ1n) is 5.44. The molecule has 2 N–H and O–H groups in total. The monoisotopic (exact) mass is 275 g/mol. The Balaban J connectivity index is 2.55. The van der Waals surface area contributed by atoms with Crippen molar-refractivity contribution in [3.63, 3.8) is 0 Å². The summed E-state index contributed by atoms with van der Waals surface area (Å²) in [6, 6.07) is 13.0. The van der Waals surface area contributed by atoms with Crippen LogP contribution in [-0.2, 0) is 0 Å². The van der Waals surface area contributed by atoms with Crippen LogP contribution in [0.2, 0.25) is 5.02 Å². The molecule has 0 unspecified atom stereocenters. The zero-order valence-electron chi connectivity index (χ0n) is 9.75. The maximum atomic E-state index is 11.2. The van der Waals surface area contributed by atoms with Crippen LogP contribution in [0.15, 0.2) is 53.7 Å². The van der Waals surface area contributed by atoms with Crippen molar-refractivity contribution < 1.29 is 15.1 Å². The molecule has 2 aromatic rings. The number of hydrogen-bond acceptors (Lipinski definition) is 3. The maximum absolute atomic E-state index is 11.2. The molecule has 0 heterocycles. The second kappa shape index (κ2) is 5.54. The minimum atomic E-state index is -1.08. The summed E-state index contributed by atoms with van der Waals surface area (Å²) in [6.07, 6.45) is 0. The second-order valence-corrected chi connectivity index (χ2v) is 4.24. The molecule has 0 saturated carbocycles. The van der Waals surface area contributed by atoms with Gasteiger partial charge in [0.15, 0.2) is 0 Å². The minimum Gasteiger partial charge on any atom is -0.478 e. The van der Waals surface area contributed by atoms with Gasteiger partial charge in [0.2, 0.25) is 0 Å². The summed E-state index contributed by atoms with van der Waals surface area (Å²) in [5.74, 6) is -1.08. The molecule has 19 heavy (non-hydrogen) atoms. The SMILES string of the molecule is O=C(O)c1ccccc1C(=NO)c1ccc(Cl)cc1. The highest BCUT2D eigenvalue weighted by atomic mass is 35.5. The molecule has 2 aromatic carbocycles. The van der Waals surface area contributed by atoms with Crippen LogP contribution in [0.5, 0.6) is 0 Å². The van der Waals surface area contributed by atoms with Crippen molar-refractivity contribution in [3.05, 3.63) is 70.2 Å². The van der Waals surface area contributed by atoms with E-state index in [1.54, 1.807) is 42.5 Å². The smallest absolute Gasteiger partial charge is 0.336 e. The Hall–Kier alpha value is -2.33. The summed E-state index contributed by atoms with van der Waals surface area (Å²) in [6.45, 7) is 0. The average Bonchev–Trinajstić information content (AvgIpc) is 2.42. The van der Waals surface area contributed by atoms with Gasteiger partial charge in [0.1, 0.15) is 5.71 Å². The lowest BCUT2D eigenvalue weighted by atomic mass is 9.98. The molecule has 0 atom stereocenters. The Morgan fingerprint density at radius 3 is 2.11 bits per heavy atom. The Bertz CT molecular complexity index is 635. The standard InChI is InChI=1S/C14H10ClNO3/c15-10-7-5-9(6-8-10)13(16-19)11-3-1-2-4-12(11)14(17)18/h1-8,19H,(H,17,18). The molecule has 0 aliphatic rings. The van der Waals surface area contributed by atoms with Crippen molar-refractivity contribution in [2.75, 3.05) is 0 Å². The Kier molecular flexibility index (Phi) is 3.82. The highest BCUT2D eigenvalue weighted by Crippen LogP contribution is 2.17. The third kappa shape index (κ3) is 2.74. The van der Waals surface area contributed by atoms with Gasteiger partial charge < -0.3 is 10.3 Å². The lowest BCUT2D eigenvalue weighted by Crippen LogP contribution is -2.10. The van der Waals surface area contributed by atoms with Gasteiger partial charge in [-0.05, 0) is 18.2 Å². The van der Waals surface area contributed by atoms with Gasteiger partial charge in [-0.2, -0.15) is 0 Å². The first kappa shape index (κ1) is 13.1. The fraction of sp³-hybridized carbons (Fsp3) is 0. The molecule has 0 aliphatic carbocycles. The number of carboxylic acids is 1. The summed E-state index contributed by atoms with van der Waals surface area (Å²) >= 11 is 5.79. The number of carbonyl (C=O) groups is 1. The van der Waals surface area contributed by atoms with Crippen LogP contribution in [-0.4, -0.2) is 22.0 Å². The van der Waals surface area contributed by atoms with Crippen molar-refractivity contribution in [1.29, 1.82) is 0 Å². The highest BCUT2D eigenvalue weighted by Gasteiger charge is 2.16. The summed E-state index contributed by atoms with van der Waals surface area (Å²) in [7, 11) is 0. The fourth-order valence-electron chi connectivity index (χ4n) is 1.75. The van der Waals surface area contributed by atoms with Crippen LogP contribution in [0.3, 0.4) is 0 Å². The number of oxime groups is 1. The van der Waals surface area contributed by atoms with Crippen LogP contribution < -0.4 is 0 Å². The molecule has 5 heteroatoms. The lowest BCUT2D eigenvalue weighted by Gasteiger charge is -2.08. The van der Waals surface area contributed by atoms with Gasteiger partial charge in [0.05, 0.1) is 5.56 Å². The van der Waals surface area contributed by atoms with Crippen LogP contribution in [0.1, 0.15) is 21.5 Å². The zero-order valence-corrected chi connectivity index (χ0v) is 10.5. The molecule has 0 spiro atoms. The van der Waals surface area contributed by atoms with Crippen molar-refractivity contribution in [1.82, 2.24) is 0 Å². The normalized spacial score (nSPS) is 11.3. The average molecular weight is 276 g/mol. The van der Waals surface area contributed by atoms with Gasteiger partial charge in [0, 0.05) is 16.1 Å². The molecule has 96 valence electrons. The predicted octanol–water partition coefficient (Wildman–Crippen LogP) is 3.26. The Labute approximate surface area is 114 Å². The number of aromatic carboxylic acids is 1. The number of carboxylic acid groups (broad SMARTS) is 1. The van der Waals surface area contributed by atoms with E-state index in [0.29, 0.717) is 16.1 Å². The van der Waals surface area contributed by atoms with E-state index >= 15 is 0 Å². The van der Waals surface area contributed by atoms with E-state index in [2.05, 4.69) is 5.16 Å². The minimum absolute atomic E-state index is 0.0743. The van der Waals surface area contributed by atoms with E-state index in [1.807, 2.05) is 0 Å². The maximum Gasteiger partial charge on any atom is 0.336 e. The summed E-state index contributed by atoms with van der Waals surface area (Å²) in [5, 5.41) is 22.1. The lowest BCUT2D eigenvalue weighted by molar-refractivity contribution is 0.0696. The van der Waals surface area contributed by atoms with Gasteiger partial charge in [-0.25, -0.2) is 4.79 Å². The Morgan fingerprint density at radius 2 is 1.58 bits per heavy atom. The Morgan fingerprint density at radius 1 is 1.00 bits per heavy atom. The van der Waals surface area contributed by atoms with Crippen LogP contribution in [0, 0.1) is 0 Å². The molecule has 4 nitrogen and oxygen atoms in total. The molecule has 0 aromatic heterocycles. The van der Waals surface area contributed by atoms with Crippen molar-refractivity contribution >= 4 is 23.3 Å². The summed E-state index contributed by atoms with van der Waals surface area (Å²) in [5.41, 5.74) is 1.19. The van der Waals surface area contributed by atoms with Gasteiger partial charge in [-0.1, -0.05) is 47.1 Å².